The van der Waals surface area contributed by atoms with E-state index in [4.69, 9.17) is 10.00 Å². The van der Waals surface area contributed by atoms with Crippen LogP contribution in [0.15, 0.2) is 0 Å². The fraction of sp³-hybridized carbons (Fsp3) is 0.500. The number of rotatable bonds is 3. The van der Waals surface area contributed by atoms with Crippen molar-refractivity contribution in [3.63, 3.8) is 0 Å². The van der Waals surface area contributed by atoms with Gasteiger partial charge in [0.05, 0.1) is 31.3 Å². The van der Waals surface area contributed by atoms with Gasteiger partial charge in [-0.15, -0.1) is 0 Å². The van der Waals surface area contributed by atoms with Crippen molar-refractivity contribution in [2.24, 2.45) is 7.05 Å². The number of esters is 1. The molecule has 0 fully saturated rings. The van der Waals surface area contributed by atoms with Crippen LogP contribution in [-0.4, -0.2) is 22.8 Å². The normalized spacial score (nSPS) is 12.0. The highest BCUT2D eigenvalue weighted by Gasteiger charge is 2.26. The van der Waals surface area contributed by atoms with Gasteiger partial charge in [-0.2, -0.15) is 5.26 Å². The van der Waals surface area contributed by atoms with Gasteiger partial charge >= 0.3 is 5.97 Å². The first kappa shape index (κ1) is 13.3. The molecule has 1 N–H and O–H groups in total. The smallest absolute Gasteiger partial charge is 0.340 e. The Hall–Kier alpha value is -1.80. The lowest BCUT2D eigenvalue weighted by Gasteiger charge is -2.09. The zero-order valence-corrected chi connectivity index (χ0v) is 10.4. The van der Waals surface area contributed by atoms with E-state index in [2.05, 4.69) is 0 Å². The van der Waals surface area contributed by atoms with Crippen LogP contribution in [0, 0.1) is 25.2 Å². The number of aromatic nitrogens is 1. The highest BCUT2D eigenvalue weighted by Crippen LogP contribution is 2.29. The van der Waals surface area contributed by atoms with Gasteiger partial charge in [0.1, 0.15) is 0 Å². The van der Waals surface area contributed by atoms with Gasteiger partial charge in [-0.05, 0) is 13.8 Å². The van der Waals surface area contributed by atoms with Crippen LogP contribution >= 0.6 is 0 Å². The second-order valence-corrected chi connectivity index (χ2v) is 3.89. The van der Waals surface area contributed by atoms with Crippen molar-refractivity contribution < 1.29 is 14.6 Å². The van der Waals surface area contributed by atoms with E-state index in [1.807, 2.05) is 10.6 Å². The summed E-state index contributed by atoms with van der Waals surface area (Å²) in [5.41, 5.74) is 2.33. The van der Waals surface area contributed by atoms with E-state index in [-0.39, 0.29) is 6.42 Å². The van der Waals surface area contributed by atoms with Crippen LogP contribution < -0.4 is 0 Å². The Labute approximate surface area is 100 Å². The Kier molecular flexibility index (Phi) is 3.92. The highest BCUT2D eigenvalue weighted by molar-refractivity contribution is 5.93. The maximum absolute atomic E-state index is 11.7. The predicted molar refractivity (Wildman–Crippen MR) is 61.4 cm³/mol. The quantitative estimate of drug-likeness (QED) is 0.804. The molecule has 1 aromatic heterocycles. The third-order valence-electron chi connectivity index (χ3n) is 3.03. The van der Waals surface area contributed by atoms with Crippen LogP contribution in [0.2, 0.25) is 0 Å². The van der Waals surface area contributed by atoms with Gasteiger partial charge in [-0.1, -0.05) is 0 Å². The van der Waals surface area contributed by atoms with Crippen molar-refractivity contribution >= 4 is 5.97 Å². The average Bonchev–Trinajstić information content (AvgIpc) is 2.53. The highest BCUT2D eigenvalue weighted by atomic mass is 16.5. The van der Waals surface area contributed by atoms with Gasteiger partial charge < -0.3 is 14.4 Å². The average molecular weight is 236 g/mol. The number of hydrogen-bond donors (Lipinski definition) is 1. The second-order valence-electron chi connectivity index (χ2n) is 3.89. The lowest BCUT2D eigenvalue weighted by Crippen LogP contribution is -2.08. The van der Waals surface area contributed by atoms with Crippen molar-refractivity contribution in [3.05, 3.63) is 22.5 Å². The van der Waals surface area contributed by atoms with E-state index in [1.54, 1.807) is 20.9 Å². The number of aliphatic hydroxyl groups excluding tert-OH is 1. The molecule has 0 aliphatic heterocycles. The molecule has 1 atom stereocenters. The van der Waals surface area contributed by atoms with Crippen LogP contribution in [0.25, 0.3) is 0 Å². The standard InChI is InChI=1S/C12H16N2O3/c1-7-10(9(15)5-6-13)11(12(16)17-4)8(2)14(7)3/h9,15H,5H2,1-4H3. The number of nitriles is 1. The van der Waals surface area contributed by atoms with Crippen LogP contribution in [0.5, 0.6) is 0 Å². The first-order valence-electron chi connectivity index (χ1n) is 5.24. The zero-order chi connectivity index (χ0) is 13.2. The third kappa shape index (κ3) is 2.17. The van der Waals surface area contributed by atoms with E-state index < -0.39 is 12.1 Å². The van der Waals surface area contributed by atoms with Crippen molar-refractivity contribution in [3.8, 4) is 6.07 Å². The molecule has 5 heteroatoms. The summed E-state index contributed by atoms with van der Waals surface area (Å²) < 4.78 is 6.52. The van der Waals surface area contributed by atoms with Crippen LogP contribution in [0.3, 0.4) is 0 Å². The van der Waals surface area contributed by atoms with Crippen LogP contribution in [-0.2, 0) is 11.8 Å². The number of carbonyl (C=O) groups excluding carboxylic acids is 1. The van der Waals surface area contributed by atoms with Gasteiger partial charge in [0, 0.05) is 24.0 Å². The van der Waals surface area contributed by atoms with E-state index >= 15 is 0 Å². The number of nitrogens with zero attached hydrogens (tertiary/aromatic N) is 2. The molecule has 0 radical (unpaired) electrons. The fourth-order valence-electron chi connectivity index (χ4n) is 1.93. The van der Waals surface area contributed by atoms with Gasteiger partial charge in [0.25, 0.3) is 0 Å². The molecule has 0 aliphatic carbocycles. The van der Waals surface area contributed by atoms with Crippen molar-refractivity contribution in [2.75, 3.05) is 7.11 Å². The van der Waals surface area contributed by atoms with E-state index in [0.717, 1.165) is 11.4 Å². The minimum atomic E-state index is -0.964. The summed E-state index contributed by atoms with van der Waals surface area (Å²) in [7, 11) is 3.10. The molecule has 0 amide bonds. The molecule has 1 rings (SSSR count). The molecule has 0 aromatic carbocycles. The van der Waals surface area contributed by atoms with E-state index in [1.165, 1.54) is 7.11 Å². The minimum absolute atomic E-state index is 0.0473. The maximum Gasteiger partial charge on any atom is 0.340 e. The summed E-state index contributed by atoms with van der Waals surface area (Å²) in [6, 6.07) is 1.89. The molecule has 0 aliphatic rings. The van der Waals surface area contributed by atoms with Gasteiger partial charge in [-0.3, -0.25) is 0 Å². The number of methoxy groups -OCH3 is 1. The summed E-state index contributed by atoms with van der Waals surface area (Å²) in [5, 5.41) is 18.5. The van der Waals surface area contributed by atoms with Crippen molar-refractivity contribution in [2.45, 2.75) is 26.4 Å². The number of aliphatic hydroxyl groups is 1. The molecule has 1 unspecified atom stereocenters. The molecule has 17 heavy (non-hydrogen) atoms. The SMILES string of the molecule is COC(=O)c1c(C(O)CC#N)c(C)n(C)c1C. The lowest BCUT2D eigenvalue weighted by atomic mass is 10.0. The Balaban J connectivity index is 3.42. The summed E-state index contributed by atoms with van der Waals surface area (Å²) >= 11 is 0. The topological polar surface area (TPSA) is 75.2 Å². The molecule has 5 nitrogen and oxygen atoms in total. The first-order valence-corrected chi connectivity index (χ1v) is 5.24. The molecule has 0 bridgehead atoms. The summed E-state index contributed by atoms with van der Waals surface area (Å²) in [6.07, 6.45) is -1.01. The summed E-state index contributed by atoms with van der Waals surface area (Å²) in [4.78, 5) is 11.7. The van der Waals surface area contributed by atoms with Gasteiger partial charge in [-0.25, -0.2) is 4.79 Å². The molecular weight excluding hydrogens is 220 g/mol. The van der Waals surface area contributed by atoms with E-state index in [0.29, 0.717) is 11.1 Å². The first-order chi connectivity index (χ1) is 7.95. The maximum atomic E-state index is 11.7. The monoisotopic (exact) mass is 236 g/mol. The largest absolute Gasteiger partial charge is 0.465 e. The molecular formula is C12H16N2O3. The van der Waals surface area contributed by atoms with Gasteiger partial charge in [0.15, 0.2) is 0 Å². The summed E-state index contributed by atoms with van der Waals surface area (Å²) in [5.74, 6) is -0.488. The Morgan fingerprint density at radius 1 is 1.53 bits per heavy atom. The second kappa shape index (κ2) is 5.02. The van der Waals surface area contributed by atoms with Crippen LogP contribution in [0.1, 0.15) is 39.8 Å². The molecule has 0 saturated carbocycles. The number of carbonyl (C=O) groups is 1. The Morgan fingerprint density at radius 2 is 2.12 bits per heavy atom. The predicted octanol–water partition coefficient (Wildman–Crippen LogP) is 1.38. The summed E-state index contributed by atoms with van der Waals surface area (Å²) in [6.45, 7) is 3.58. The number of ether oxygens (including phenoxy) is 1. The Bertz CT molecular complexity index is 483. The fourth-order valence-corrected chi connectivity index (χ4v) is 1.93. The van der Waals surface area contributed by atoms with Crippen molar-refractivity contribution in [1.29, 1.82) is 5.26 Å². The Morgan fingerprint density at radius 3 is 2.59 bits per heavy atom. The van der Waals surface area contributed by atoms with Crippen molar-refractivity contribution in [1.82, 2.24) is 4.57 Å². The molecule has 92 valence electrons. The molecule has 1 heterocycles. The zero-order valence-electron chi connectivity index (χ0n) is 10.4. The minimum Gasteiger partial charge on any atom is -0.465 e. The molecule has 1 aromatic rings. The molecule has 0 saturated heterocycles. The lowest BCUT2D eigenvalue weighted by molar-refractivity contribution is 0.0593. The molecule has 0 spiro atoms. The van der Waals surface area contributed by atoms with Gasteiger partial charge in [0.2, 0.25) is 0 Å². The van der Waals surface area contributed by atoms with E-state index in [9.17, 15) is 9.90 Å². The number of hydrogen-bond acceptors (Lipinski definition) is 4. The van der Waals surface area contributed by atoms with Crippen LogP contribution in [0.4, 0.5) is 0 Å². The third-order valence-corrected chi connectivity index (χ3v) is 3.03.